The molecule has 0 unspecified atom stereocenters. The van der Waals surface area contributed by atoms with E-state index in [1.807, 2.05) is 0 Å². The molecule has 0 spiro atoms. The first kappa shape index (κ1) is 10.4. The molecule has 0 aromatic rings. The zero-order chi connectivity index (χ0) is 9.97. The van der Waals surface area contributed by atoms with Crippen molar-refractivity contribution in [1.29, 1.82) is 0 Å². The van der Waals surface area contributed by atoms with Crippen LogP contribution in [0.3, 0.4) is 0 Å². The highest BCUT2D eigenvalue weighted by atomic mass is 16.5. The van der Waals surface area contributed by atoms with Crippen LogP contribution in [-0.4, -0.2) is 49.3 Å². The molecule has 0 bridgehead atoms. The molecule has 0 saturated carbocycles. The van der Waals surface area contributed by atoms with E-state index >= 15 is 0 Å². The van der Waals surface area contributed by atoms with Gasteiger partial charge in [-0.25, -0.2) is 0 Å². The van der Waals surface area contributed by atoms with Crippen molar-refractivity contribution >= 4 is 0 Å². The quantitative estimate of drug-likeness (QED) is 0.712. The van der Waals surface area contributed by atoms with Gasteiger partial charge < -0.3 is 10.1 Å². The predicted octanol–water partition coefficient (Wildman–Crippen LogP) is 0.848. The Bertz CT molecular complexity index is 170. The molecule has 1 N–H and O–H groups in total. The highest BCUT2D eigenvalue weighted by molar-refractivity contribution is 4.81. The van der Waals surface area contributed by atoms with E-state index < -0.39 is 0 Å². The number of hydrogen-bond acceptors (Lipinski definition) is 3. The average molecular weight is 198 g/mol. The minimum atomic E-state index is 0.403. The average Bonchev–Trinajstić information content (AvgIpc) is 2.54. The summed E-state index contributed by atoms with van der Waals surface area (Å²) >= 11 is 0. The molecule has 2 aliphatic rings. The van der Waals surface area contributed by atoms with Crippen LogP contribution < -0.4 is 5.32 Å². The molecule has 2 rings (SSSR count). The number of hydrogen-bond donors (Lipinski definition) is 1. The maximum Gasteiger partial charge on any atom is 0.0678 e. The van der Waals surface area contributed by atoms with Crippen LogP contribution in [0.4, 0.5) is 0 Å². The molecule has 0 aromatic carbocycles. The molecule has 82 valence electrons. The van der Waals surface area contributed by atoms with Gasteiger partial charge in [-0.1, -0.05) is 0 Å². The summed E-state index contributed by atoms with van der Waals surface area (Å²) in [6.45, 7) is 8.96. The second-order valence-corrected chi connectivity index (χ2v) is 4.77. The Morgan fingerprint density at radius 1 is 1.29 bits per heavy atom. The highest BCUT2D eigenvalue weighted by Crippen LogP contribution is 2.13. The van der Waals surface area contributed by atoms with Gasteiger partial charge in [-0.3, -0.25) is 4.90 Å². The fourth-order valence-electron chi connectivity index (χ4n) is 2.66. The van der Waals surface area contributed by atoms with E-state index in [-0.39, 0.29) is 0 Å². The van der Waals surface area contributed by atoms with Crippen molar-refractivity contribution in [1.82, 2.24) is 10.2 Å². The molecule has 0 aliphatic carbocycles. The lowest BCUT2D eigenvalue weighted by Gasteiger charge is -2.36. The molecule has 0 radical (unpaired) electrons. The third-order valence-electron chi connectivity index (χ3n) is 3.14. The monoisotopic (exact) mass is 198 g/mol. The molecule has 3 atom stereocenters. The Balaban J connectivity index is 1.78. The minimum Gasteiger partial charge on any atom is -0.373 e. The Hall–Kier alpha value is -0.120. The van der Waals surface area contributed by atoms with Crippen molar-refractivity contribution in [2.45, 2.75) is 44.9 Å². The minimum absolute atomic E-state index is 0.403. The Kier molecular flexibility index (Phi) is 3.42. The standard InChI is InChI=1S/C11H22N2O/c1-9-6-13(7-10(2)14-9)8-11-4-3-5-12-11/h9-12H,3-8H2,1-2H3/t9-,10+,11-/m0/s1. The molecule has 3 heteroatoms. The van der Waals surface area contributed by atoms with Crippen molar-refractivity contribution in [2.24, 2.45) is 0 Å². The number of rotatable bonds is 2. The van der Waals surface area contributed by atoms with Crippen LogP contribution in [0.1, 0.15) is 26.7 Å². The van der Waals surface area contributed by atoms with Gasteiger partial charge in [0.25, 0.3) is 0 Å². The van der Waals surface area contributed by atoms with Gasteiger partial charge in [0, 0.05) is 25.7 Å². The van der Waals surface area contributed by atoms with Crippen LogP contribution in [0.5, 0.6) is 0 Å². The zero-order valence-corrected chi connectivity index (χ0v) is 9.33. The SMILES string of the molecule is C[C@@H]1CN(C[C@@H]2CCCN2)C[C@H](C)O1. The number of morpholine rings is 1. The summed E-state index contributed by atoms with van der Waals surface area (Å²) in [5.41, 5.74) is 0. The van der Waals surface area contributed by atoms with Gasteiger partial charge in [0.05, 0.1) is 12.2 Å². The predicted molar refractivity (Wildman–Crippen MR) is 57.5 cm³/mol. The molecular formula is C11H22N2O. The van der Waals surface area contributed by atoms with Crippen molar-refractivity contribution in [3.8, 4) is 0 Å². The van der Waals surface area contributed by atoms with Gasteiger partial charge in [0.2, 0.25) is 0 Å². The third-order valence-corrected chi connectivity index (χ3v) is 3.14. The molecular weight excluding hydrogens is 176 g/mol. The third kappa shape index (κ3) is 2.69. The van der Waals surface area contributed by atoms with Gasteiger partial charge in [0.1, 0.15) is 0 Å². The van der Waals surface area contributed by atoms with Crippen molar-refractivity contribution in [3.05, 3.63) is 0 Å². The Morgan fingerprint density at radius 3 is 2.57 bits per heavy atom. The van der Waals surface area contributed by atoms with Crippen molar-refractivity contribution in [2.75, 3.05) is 26.2 Å². The smallest absolute Gasteiger partial charge is 0.0678 e. The number of nitrogens with zero attached hydrogens (tertiary/aromatic N) is 1. The van der Waals surface area contributed by atoms with E-state index in [2.05, 4.69) is 24.1 Å². The van der Waals surface area contributed by atoms with E-state index in [9.17, 15) is 0 Å². The Labute approximate surface area is 86.8 Å². The van der Waals surface area contributed by atoms with Crippen molar-refractivity contribution < 1.29 is 4.74 Å². The van der Waals surface area contributed by atoms with Crippen LogP contribution in [0.25, 0.3) is 0 Å². The maximum atomic E-state index is 5.72. The fraction of sp³-hybridized carbons (Fsp3) is 1.00. The lowest BCUT2D eigenvalue weighted by molar-refractivity contribution is -0.0694. The van der Waals surface area contributed by atoms with Crippen LogP contribution in [-0.2, 0) is 4.74 Å². The van der Waals surface area contributed by atoms with Crippen molar-refractivity contribution in [3.63, 3.8) is 0 Å². The summed E-state index contributed by atoms with van der Waals surface area (Å²) in [6.07, 6.45) is 3.50. The second-order valence-electron chi connectivity index (χ2n) is 4.77. The summed E-state index contributed by atoms with van der Waals surface area (Å²) in [7, 11) is 0. The number of ether oxygens (including phenoxy) is 1. The fourth-order valence-corrected chi connectivity index (χ4v) is 2.66. The van der Waals surface area contributed by atoms with E-state index in [0.717, 1.165) is 19.1 Å². The largest absolute Gasteiger partial charge is 0.373 e. The summed E-state index contributed by atoms with van der Waals surface area (Å²) in [5, 5.41) is 3.55. The Morgan fingerprint density at radius 2 is 2.00 bits per heavy atom. The van der Waals surface area contributed by atoms with E-state index in [4.69, 9.17) is 4.74 Å². The molecule has 3 nitrogen and oxygen atoms in total. The highest BCUT2D eigenvalue weighted by Gasteiger charge is 2.25. The lowest BCUT2D eigenvalue weighted by atomic mass is 10.1. The summed E-state index contributed by atoms with van der Waals surface area (Å²) in [6, 6.07) is 0.729. The molecule has 2 saturated heterocycles. The van der Waals surface area contributed by atoms with Gasteiger partial charge in [0.15, 0.2) is 0 Å². The number of nitrogens with one attached hydrogen (secondary N) is 1. The first-order valence-corrected chi connectivity index (χ1v) is 5.85. The molecule has 0 amide bonds. The second kappa shape index (κ2) is 4.60. The molecule has 2 fully saturated rings. The van der Waals surface area contributed by atoms with Gasteiger partial charge in [-0.15, -0.1) is 0 Å². The molecule has 2 aliphatic heterocycles. The molecule has 2 heterocycles. The van der Waals surface area contributed by atoms with E-state index in [1.54, 1.807) is 0 Å². The van der Waals surface area contributed by atoms with E-state index in [1.165, 1.54) is 25.9 Å². The van der Waals surface area contributed by atoms with E-state index in [0.29, 0.717) is 12.2 Å². The first-order valence-electron chi connectivity index (χ1n) is 5.85. The van der Waals surface area contributed by atoms with Crippen LogP contribution in [0.2, 0.25) is 0 Å². The van der Waals surface area contributed by atoms with Crippen LogP contribution in [0.15, 0.2) is 0 Å². The topological polar surface area (TPSA) is 24.5 Å². The summed E-state index contributed by atoms with van der Waals surface area (Å²) < 4.78 is 5.72. The van der Waals surface area contributed by atoms with Crippen LogP contribution >= 0.6 is 0 Å². The molecule has 14 heavy (non-hydrogen) atoms. The summed E-state index contributed by atoms with van der Waals surface area (Å²) in [4.78, 5) is 2.54. The van der Waals surface area contributed by atoms with Gasteiger partial charge in [-0.05, 0) is 33.2 Å². The first-order chi connectivity index (χ1) is 6.74. The summed E-state index contributed by atoms with van der Waals surface area (Å²) in [5.74, 6) is 0. The zero-order valence-electron chi connectivity index (χ0n) is 9.33. The lowest BCUT2D eigenvalue weighted by Crippen LogP contribution is -2.49. The maximum absolute atomic E-state index is 5.72. The van der Waals surface area contributed by atoms with Crippen LogP contribution in [0, 0.1) is 0 Å². The normalized spacial score (nSPS) is 40.3. The molecule has 0 aromatic heterocycles. The van der Waals surface area contributed by atoms with Gasteiger partial charge >= 0.3 is 0 Å². The van der Waals surface area contributed by atoms with Gasteiger partial charge in [-0.2, -0.15) is 0 Å².